The summed E-state index contributed by atoms with van der Waals surface area (Å²) in [6.07, 6.45) is 3.26. The first kappa shape index (κ1) is 15.9. The number of ether oxygens (including phenoxy) is 1. The Morgan fingerprint density at radius 1 is 1.33 bits per heavy atom. The minimum atomic E-state index is -0.897. The van der Waals surface area contributed by atoms with Crippen LogP contribution in [0.4, 0.5) is 8.78 Å². The summed E-state index contributed by atoms with van der Waals surface area (Å²) in [6, 6.07) is 4.17. The first-order valence-electron chi connectivity index (χ1n) is 6.44. The Hall–Kier alpha value is -1.53. The minimum Gasteiger partial charge on any atom is -0.495 e. The molecular formula is C15H15BrF2N2O. The molecule has 0 amide bonds. The fraction of sp³-hybridized carbons (Fsp3) is 0.267. The van der Waals surface area contributed by atoms with E-state index in [1.807, 2.05) is 13.0 Å². The Bertz CT molecular complexity index is 637. The number of nitrogens with zero attached hydrogens (tertiary/aromatic N) is 1. The second-order valence-electron chi connectivity index (χ2n) is 4.41. The molecule has 0 bridgehead atoms. The number of nitrogens with one attached hydrogen (secondary N) is 1. The average Bonchev–Trinajstić information content (AvgIpc) is 2.51. The summed E-state index contributed by atoms with van der Waals surface area (Å²) in [5, 5.41) is 3.24. The topological polar surface area (TPSA) is 34.2 Å². The van der Waals surface area contributed by atoms with Crippen LogP contribution in [0, 0.1) is 11.6 Å². The van der Waals surface area contributed by atoms with Gasteiger partial charge in [-0.2, -0.15) is 0 Å². The van der Waals surface area contributed by atoms with E-state index in [-0.39, 0.29) is 10.5 Å². The Kier molecular flexibility index (Phi) is 5.25. The van der Waals surface area contributed by atoms with E-state index in [4.69, 9.17) is 4.74 Å². The van der Waals surface area contributed by atoms with Crippen LogP contribution in [-0.2, 0) is 0 Å². The van der Waals surface area contributed by atoms with E-state index in [0.717, 1.165) is 11.6 Å². The summed E-state index contributed by atoms with van der Waals surface area (Å²) >= 11 is 3.13. The van der Waals surface area contributed by atoms with Gasteiger partial charge in [0.05, 0.1) is 23.8 Å². The molecule has 1 aromatic heterocycles. The largest absolute Gasteiger partial charge is 0.495 e. The molecule has 0 aliphatic rings. The molecule has 2 rings (SSSR count). The van der Waals surface area contributed by atoms with E-state index in [0.29, 0.717) is 17.9 Å². The van der Waals surface area contributed by atoms with E-state index >= 15 is 0 Å². The molecule has 0 saturated carbocycles. The van der Waals surface area contributed by atoms with Gasteiger partial charge in [-0.25, -0.2) is 8.78 Å². The Labute approximate surface area is 130 Å². The maximum absolute atomic E-state index is 13.8. The highest BCUT2D eigenvalue weighted by Gasteiger charge is 2.20. The Balaban J connectivity index is 2.50. The number of aromatic nitrogens is 1. The lowest BCUT2D eigenvalue weighted by molar-refractivity contribution is 0.411. The average molecular weight is 357 g/mol. The van der Waals surface area contributed by atoms with Crippen LogP contribution < -0.4 is 10.1 Å². The maximum Gasteiger partial charge on any atom is 0.173 e. The lowest BCUT2D eigenvalue weighted by atomic mass is 9.99. The Morgan fingerprint density at radius 2 is 2.10 bits per heavy atom. The quantitative estimate of drug-likeness (QED) is 0.826. The van der Waals surface area contributed by atoms with Crippen molar-refractivity contribution in [3.05, 3.63) is 57.8 Å². The summed E-state index contributed by atoms with van der Waals surface area (Å²) in [4.78, 5) is 4.11. The van der Waals surface area contributed by atoms with Crippen molar-refractivity contribution >= 4 is 15.9 Å². The van der Waals surface area contributed by atoms with Crippen molar-refractivity contribution in [2.75, 3.05) is 13.7 Å². The Morgan fingerprint density at radius 3 is 2.76 bits per heavy atom. The van der Waals surface area contributed by atoms with Crippen LogP contribution in [-0.4, -0.2) is 18.6 Å². The SMILES string of the molecule is CCNC(c1cncc(OC)c1)c1ccc(F)c(F)c1Br. The third-order valence-corrected chi connectivity index (χ3v) is 3.89. The zero-order chi connectivity index (χ0) is 15.4. The molecule has 1 aromatic carbocycles. The summed E-state index contributed by atoms with van der Waals surface area (Å²) in [6.45, 7) is 2.60. The molecule has 0 fully saturated rings. The monoisotopic (exact) mass is 356 g/mol. The van der Waals surface area contributed by atoms with Gasteiger partial charge in [-0.05, 0) is 45.7 Å². The third kappa shape index (κ3) is 3.39. The van der Waals surface area contributed by atoms with Crippen LogP contribution in [0.1, 0.15) is 24.1 Å². The van der Waals surface area contributed by atoms with Gasteiger partial charge in [-0.3, -0.25) is 4.98 Å². The molecule has 1 N–H and O–H groups in total. The van der Waals surface area contributed by atoms with Gasteiger partial charge in [0.15, 0.2) is 11.6 Å². The fourth-order valence-electron chi connectivity index (χ4n) is 2.08. The van der Waals surface area contributed by atoms with Gasteiger partial charge in [0.1, 0.15) is 5.75 Å². The van der Waals surface area contributed by atoms with Crippen LogP contribution in [0.25, 0.3) is 0 Å². The molecule has 0 aliphatic carbocycles. The maximum atomic E-state index is 13.8. The molecule has 2 aromatic rings. The van der Waals surface area contributed by atoms with Crippen molar-refractivity contribution in [2.45, 2.75) is 13.0 Å². The van der Waals surface area contributed by atoms with Crippen molar-refractivity contribution < 1.29 is 13.5 Å². The third-order valence-electron chi connectivity index (χ3n) is 3.09. The molecule has 1 unspecified atom stereocenters. The molecule has 1 heterocycles. The molecule has 21 heavy (non-hydrogen) atoms. The van der Waals surface area contributed by atoms with Crippen molar-refractivity contribution in [1.29, 1.82) is 0 Å². The van der Waals surface area contributed by atoms with Crippen LogP contribution in [0.2, 0.25) is 0 Å². The molecule has 3 nitrogen and oxygen atoms in total. The van der Waals surface area contributed by atoms with Gasteiger partial charge in [0.25, 0.3) is 0 Å². The fourth-order valence-corrected chi connectivity index (χ4v) is 2.63. The molecule has 0 spiro atoms. The van der Waals surface area contributed by atoms with Gasteiger partial charge in [0.2, 0.25) is 0 Å². The van der Waals surface area contributed by atoms with Crippen molar-refractivity contribution in [2.24, 2.45) is 0 Å². The van der Waals surface area contributed by atoms with E-state index in [2.05, 4.69) is 26.2 Å². The molecule has 0 radical (unpaired) electrons. The highest BCUT2D eigenvalue weighted by Crippen LogP contribution is 2.32. The lowest BCUT2D eigenvalue weighted by Crippen LogP contribution is -2.23. The van der Waals surface area contributed by atoms with E-state index in [1.165, 1.54) is 0 Å². The number of methoxy groups -OCH3 is 1. The number of rotatable bonds is 5. The number of pyridine rings is 1. The van der Waals surface area contributed by atoms with E-state index in [1.54, 1.807) is 25.6 Å². The predicted octanol–water partition coefficient (Wildman–Crippen LogP) is 3.83. The summed E-state index contributed by atoms with van der Waals surface area (Å²) < 4.78 is 32.3. The van der Waals surface area contributed by atoms with Crippen molar-refractivity contribution in [3.63, 3.8) is 0 Å². The predicted molar refractivity (Wildman–Crippen MR) is 80.4 cm³/mol. The van der Waals surface area contributed by atoms with Crippen LogP contribution >= 0.6 is 15.9 Å². The zero-order valence-corrected chi connectivity index (χ0v) is 13.2. The second kappa shape index (κ2) is 6.95. The first-order valence-corrected chi connectivity index (χ1v) is 7.23. The highest BCUT2D eigenvalue weighted by atomic mass is 79.9. The summed E-state index contributed by atoms with van der Waals surface area (Å²) in [5.74, 6) is -1.18. The van der Waals surface area contributed by atoms with Crippen LogP contribution in [0.5, 0.6) is 5.75 Å². The second-order valence-corrected chi connectivity index (χ2v) is 5.21. The smallest absolute Gasteiger partial charge is 0.173 e. The summed E-state index contributed by atoms with van der Waals surface area (Å²) in [7, 11) is 1.55. The number of hydrogen-bond donors (Lipinski definition) is 1. The van der Waals surface area contributed by atoms with E-state index < -0.39 is 11.6 Å². The molecule has 0 saturated heterocycles. The normalized spacial score (nSPS) is 12.2. The van der Waals surface area contributed by atoms with E-state index in [9.17, 15) is 8.78 Å². The molecule has 112 valence electrons. The molecular weight excluding hydrogens is 342 g/mol. The van der Waals surface area contributed by atoms with Crippen LogP contribution in [0.15, 0.2) is 35.1 Å². The zero-order valence-electron chi connectivity index (χ0n) is 11.7. The van der Waals surface area contributed by atoms with Gasteiger partial charge in [0, 0.05) is 6.20 Å². The minimum absolute atomic E-state index is 0.108. The molecule has 1 atom stereocenters. The van der Waals surface area contributed by atoms with Crippen molar-refractivity contribution in [1.82, 2.24) is 10.3 Å². The first-order chi connectivity index (χ1) is 10.1. The summed E-state index contributed by atoms with van der Waals surface area (Å²) in [5.41, 5.74) is 1.41. The van der Waals surface area contributed by atoms with Gasteiger partial charge >= 0.3 is 0 Å². The standard InChI is InChI=1S/C15H15BrF2N2O/c1-3-20-15(9-6-10(21-2)8-19-7-9)11-4-5-12(17)14(18)13(11)16/h4-8,15,20H,3H2,1-2H3. The number of hydrogen-bond acceptors (Lipinski definition) is 3. The van der Waals surface area contributed by atoms with Gasteiger partial charge in [-0.1, -0.05) is 13.0 Å². The van der Waals surface area contributed by atoms with Gasteiger partial charge < -0.3 is 10.1 Å². The van der Waals surface area contributed by atoms with Crippen LogP contribution in [0.3, 0.4) is 0 Å². The van der Waals surface area contributed by atoms with Gasteiger partial charge in [-0.15, -0.1) is 0 Å². The molecule has 0 aliphatic heterocycles. The number of halogens is 3. The number of benzene rings is 1. The lowest BCUT2D eigenvalue weighted by Gasteiger charge is -2.20. The molecule has 6 heteroatoms. The highest BCUT2D eigenvalue weighted by molar-refractivity contribution is 9.10. The van der Waals surface area contributed by atoms with Crippen molar-refractivity contribution in [3.8, 4) is 5.75 Å².